The molecular formula is C15H26NO+. The largest absolute Gasteiger partial charge is 0.390 e. The Morgan fingerprint density at radius 2 is 1.59 bits per heavy atom. The molecule has 2 heteroatoms. The molecule has 96 valence electrons. The zero-order valence-electron chi connectivity index (χ0n) is 11.7. The molecule has 17 heavy (non-hydrogen) atoms. The Kier molecular flexibility index (Phi) is 4.34. The van der Waals surface area contributed by atoms with Crippen LogP contribution < -0.4 is 4.90 Å². The van der Waals surface area contributed by atoms with Crippen LogP contribution in [-0.2, 0) is 6.54 Å². The first-order valence-corrected chi connectivity index (χ1v) is 6.30. The average Bonchev–Trinajstić information content (AvgIpc) is 2.16. The molecule has 2 nitrogen and oxygen atoms in total. The summed E-state index contributed by atoms with van der Waals surface area (Å²) in [6.45, 7) is 9.99. The third-order valence-corrected chi connectivity index (χ3v) is 3.75. The van der Waals surface area contributed by atoms with Crippen molar-refractivity contribution in [2.24, 2.45) is 5.41 Å². The van der Waals surface area contributed by atoms with E-state index in [1.54, 1.807) is 0 Å². The zero-order chi connectivity index (χ0) is 13.1. The van der Waals surface area contributed by atoms with Gasteiger partial charge in [-0.3, -0.25) is 0 Å². The zero-order valence-corrected chi connectivity index (χ0v) is 11.7. The maximum atomic E-state index is 10.1. The van der Waals surface area contributed by atoms with Crippen molar-refractivity contribution in [1.82, 2.24) is 0 Å². The van der Waals surface area contributed by atoms with Gasteiger partial charge in [0.1, 0.15) is 6.54 Å². The van der Waals surface area contributed by atoms with Gasteiger partial charge in [-0.25, -0.2) is 0 Å². The number of hydrogen-bond donors (Lipinski definition) is 2. The van der Waals surface area contributed by atoms with Crippen LogP contribution in [0.1, 0.15) is 33.3 Å². The molecule has 0 amide bonds. The third-order valence-electron chi connectivity index (χ3n) is 3.75. The monoisotopic (exact) mass is 236 g/mol. The molecule has 0 aliphatic carbocycles. The number of rotatable bonds is 5. The second-order valence-electron chi connectivity index (χ2n) is 6.24. The van der Waals surface area contributed by atoms with Crippen molar-refractivity contribution in [3.05, 3.63) is 35.9 Å². The normalized spacial score (nSPS) is 14.7. The van der Waals surface area contributed by atoms with Gasteiger partial charge in [-0.1, -0.05) is 44.2 Å². The average molecular weight is 236 g/mol. The maximum absolute atomic E-state index is 10.1. The lowest BCUT2D eigenvalue weighted by Gasteiger charge is -2.38. The highest BCUT2D eigenvalue weighted by Crippen LogP contribution is 2.28. The van der Waals surface area contributed by atoms with Gasteiger partial charge in [-0.2, -0.15) is 0 Å². The summed E-state index contributed by atoms with van der Waals surface area (Å²) in [7, 11) is 2.18. The Morgan fingerprint density at radius 3 is 2.06 bits per heavy atom. The lowest BCUT2D eigenvalue weighted by Crippen LogP contribution is -3.09. The molecule has 1 unspecified atom stereocenters. The van der Waals surface area contributed by atoms with E-state index in [-0.39, 0.29) is 5.41 Å². The van der Waals surface area contributed by atoms with Gasteiger partial charge >= 0.3 is 0 Å². The number of nitrogens with one attached hydrogen (secondary N) is 1. The van der Waals surface area contributed by atoms with E-state index in [2.05, 4.69) is 45.2 Å². The molecule has 1 atom stereocenters. The van der Waals surface area contributed by atoms with Gasteiger partial charge in [0.25, 0.3) is 0 Å². The fourth-order valence-corrected chi connectivity index (χ4v) is 1.98. The van der Waals surface area contributed by atoms with Crippen LogP contribution in [0.4, 0.5) is 0 Å². The standard InChI is InChI=1S/C15H25NO/c1-14(2,15(3,4)17)12-16(5)11-13-9-7-6-8-10-13/h6-10,17H,11-12H2,1-5H3/p+1. The Hall–Kier alpha value is -0.860. The first-order valence-electron chi connectivity index (χ1n) is 6.30. The van der Waals surface area contributed by atoms with Crippen molar-refractivity contribution in [3.63, 3.8) is 0 Å². The van der Waals surface area contributed by atoms with Gasteiger partial charge in [0, 0.05) is 11.0 Å². The second kappa shape index (κ2) is 5.19. The van der Waals surface area contributed by atoms with Crippen LogP contribution in [0.3, 0.4) is 0 Å². The summed E-state index contributed by atoms with van der Waals surface area (Å²) in [4.78, 5) is 1.42. The van der Waals surface area contributed by atoms with Crippen molar-refractivity contribution >= 4 is 0 Å². The van der Waals surface area contributed by atoms with E-state index in [9.17, 15) is 5.11 Å². The molecule has 1 aromatic rings. The number of aliphatic hydroxyl groups is 1. The van der Waals surface area contributed by atoms with Crippen LogP contribution in [0.2, 0.25) is 0 Å². The first-order chi connectivity index (χ1) is 7.72. The minimum absolute atomic E-state index is 0.0914. The van der Waals surface area contributed by atoms with E-state index in [4.69, 9.17) is 0 Å². The molecule has 0 spiro atoms. The summed E-state index contributed by atoms with van der Waals surface area (Å²) >= 11 is 0. The van der Waals surface area contributed by atoms with E-state index in [1.165, 1.54) is 10.5 Å². The summed E-state index contributed by atoms with van der Waals surface area (Å²) < 4.78 is 0. The summed E-state index contributed by atoms with van der Waals surface area (Å²) in [5.41, 5.74) is 0.605. The lowest BCUT2D eigenvalue weighted by atomic mass is 9.77. The molecule has 0 heterocycles. The topological polar surface area (TPSA) is 24.7 Å². The first kappa shape index (κ1) is 14.2. The summed E-state index contributed by atoms with van der Waals surface area (Å²) in [5, 5.41) is 10.1. The van der Waals surface area contributed by atoms with Gasteiger partial charge in [0.2, 0.25) is 0 Å². The fraction of sp³-hybridized carbons (Fsp3) is 0.600. The van der Waals surface area contributed by atoms with E-state index in [1.807, 2.05) is 19.9 Å². The Labute approximate surface area is 105 Å². The van der Waals surface area contributed by atoms with Gasteiger partial charge in [0.15, 0.2) is 0 Å². The molecule has 1 aromatic carbocycles. The smallest absolute Gasteiger partial charge is 0.103 e. The molecule has 0 saturated heterocycles. The summed E-state index contributed by atoms with van der Waals surface area (Å²) in [6, 6.07) is 10.5. The maximum Gasteiger partial charge on any atom is 0.103 e. The van der Waals surface area contributed by atoms with Crippen molar-refractivity contribution in [1.29, 1.82) is 0 Å². The molecule has 1 rings (SSSR count). The molecule has 0 aliphatic heterocycles. The Balaban J connectivity index is 2.59. The predicted molar refractivity (Wildman–Crippen MR) is 72.0 cm³/mol. The van der Waals surface area contributed by atoms with Crippen LogP contribution >= 0.6 is 0 Å². The van der Waals surface area contributed by atoms with Crippen LogP contribution in [0, 0.1) is 5.41 Å². The highest BCUT2D eigenvalue weighted by molar-refractivity contribution is 5.13. The SMILES string of the molecule is C[NH+](Cc1ccccc1)CC(C)(C)C(C)(C)O. The summed E-state index contributed by atoms with van der Waals surface area (Å²) in [5.74, 6) is 0. The molecule has 0 aliphatic rings. The van der Waals surface area contributed by atoms with Crippen LogP contribution in [0.25, 0.3) is 0 Å². The number of hydrogen-bond acceptors (Lipinski definition) is 1. The van der Waals surface area contributed by atoms with Crippen molar-refractivity contribution in [2.75, 3.05) is 13.6 Å². The minimum atomic E-state index is -0.648. The van der Waals surface area contributed by atoms with Gasteiger partial charge in [-0.05, 0) is 13.8 Å². The lowest BCUT2D eigenvalue weighted by molar-refractivity contribution is -0.901. The van der Waals surface area contributed by atoms with Crippen LogP contribution in [0.5, 0.6) is 0 Å². The highest BCUT2D eigenvalue weighted by atomic mass is 16.3. The van der Waals surface area contributed by atoms with Crippen molar-refractivity contribution < 1.29 is 10.0 Å². The van der Waals surface area contributed by atoms with E-state index in [0.717, 1.165) is 13.1 Å². The van der Waals surface area contributed by atoms with Gasteiger partial charge in [0.05, 0.1) is 19.2 Å². The number of benzene rings is 1. The second-order valence-corrected chi connectivity index (χ2v) is 6.24. The quantitative estimate of drug-likeness (QED) is 0.795. The molecule has 0 bridgehead atoms. The van der Waals surface area contributed by atoms with E-state index < -0.39 is 5.60 Å². The fourth-order valence-electron chi connectivity index (χ4n) is 1.98. The molecule has 0 aromatic heterocycles. The third kappa shape index (κ3) is 4.14. The number of quaternary nitrogens is 1. The molecule has 0 fully saturated rings. The van der Waals surface area contributed by atoms with Crippen molar-refractivity contribution in [2.45, 2.75) is 39.8 Å². The molecule has 2 N–H and O–H groups in total. The van der Waals surface area contributed by atoms with Gasteiger partial charge < -0.3 is 10.0 Å². The van der Waals surface area contributed by atoms with Gasteiger partial charge in [-0.15, -0.1) is 0 Å². The van der Waals surface area contributed by atoms with E-state index in [0.29, 0.717) is 0 Å². The van der Waals surface area contributed by atoms with Crippen LogP contribution in [0.15, 0.2) is 30.3 Å². The highest BCUT2D eigenvalue weighted by Gasteiger charge is 2.37. The summed E-state index contributed by atoms with van der Waals surface area (Å²) in [6.07, 6.45) is 0. The predicted octanol–water partition coefficient (Wildman–Crippen LogP) is 1.50. The Bertz CT molecular complexity index is 338. The molecule has 0 saturated carbocycles. The molecule has 0 radical (unpaired) electrons. The van der Waals surface area contributed by atoms with Crippen LogP contribution in [-0.4, -0.2) is 24.3 Å². The Morgan fingerprint density at radius 1 is 1.06 bits per heavy atom. The minimum Gasteiger partial charge on any atom is -0.390 e. The van der Waals surface area contributed by atoms with E-state index >= 15 is 0 Å². The van der Waals surface area contributed by atoms with Crippen molar-refractivity contribution in [3.8, 4) is 0 Å². The molecular weight excluding hydrogens is 210 g/mol.